The van der Waals surface area contributed by atoms with E-state index in [2.05, 4.69) is 0 Å². The molecule has 2 rings (SSSR count). The van der Waals surface area contributed by atoms with E-state index < -0.39 is 9.85 Å². The van der Waals surface area contributed by atoms with E-state index >= 15 is 0 Å². The number of nitro groups is 2. The fourth-order valence-corrected chi connectivity index (χ4v) is 1.69. The van der Waals surface area contributed by atoms with Crippen LogP contribution in [-0.2, 0) is 0 Å². The SMILES string of the molecule is O=[N+]([O-])c1cccc(Oc2ccc([N+](=O)[O-])cc2Cl)c1. The Hall–Kier alpha value is -2.67. The summed E-state index contributed by atoms with van der Waals surface area (Å²) in [5.41, 5.74) is -0.290. The summed E-state index contributed by atoms with van der Waals surface area (Å²) >= 11 is 5.86. The highest BCUT2D eigenvalue weighted by Gasteiger charge is 2.12. The minimum atomic E-state index is -0.580. The lowest BCUT2D eigenvalue weighted by Crippen LogP contribution is -1.91. The van der Waals surface area contributed by atoms with Crippen molar-refractivity contribution in [1.29, 1.82) is 0 Å². The molecule has 0 bridgehead atoms. The van der Waals surface area contributed by atoms with Crippen molar-refractivity contribution in [2.45, 2.75) is 0 Å². The van der Waals surface area contributed by atoms with Crippen LogP contribution < -0.4 is 4.74 Å². The molecular formula is C12H7ClN2O5. The first kappa shape index (κ1) is 13.8. The second-order valence-corrected chi connectivity index (χ2v) is 4.14. The first-order chi connectivity index (χ1) is 9.47. The van der Waals surface area contributed by atoms with Crippen LogP contribution in [0.1, 0.15) is 0 Å². The van der Waals surface area contributed by atoms with Crippen molar-refractivity contribution in [1.82, 2.24) is 0 Å². The van der Waals surface area contributed by atoms with Crippen LogP contribution in [0.4, 0.5) is 11.4 Å². The van der Waals surface area contributed by atoms with Gasteiger partial charge in [-0.25, -0.2) is 0 Å². The summed E-state index contributed by atoms with van der Waals surface area (Å²) in [4.78, 5) is 20.1. The number of halogens is 1. The highest BCUT2D eigenvalue weighted by Crippen LogP contribution is 2.33. The summed E-state index contributed by atoms with van der Waals surface area (Å²) in [5, 5.41) is 21.3. The third-order valence-corrected chi connectivity index (χ3v) is 2.68. The molecule has 0 aliphatic heterocycles. The van der Waals surface area contributed by atoms with Crippen LogP contribution in [0.15, 0.2) is 42.5 Å². The van der Waals surface area contributed by atoms with Crippen molar-refractivity contribution < 1.29 is 14.6 Å². The van der Waals surface area contributed by atoms with Crippen molar-refractivity contribution in [3.63, 3.8) is 0 Å². The van der Waals surface area contributed by atoms with Gasteiger partial charge in [-0.1, -0.05) is 17.7 Å². The van der Waals surface area contributed by atoms with Gasteiger partial charge in [-0.15, -0.1) is 0 Å². The molecule has 0 heterocycles. The number of rotatable bonds is 4. The molecule has 0 N–H and O–H groups in total. The molecule has 20 heavy (non-hydrogen) atoms. The number of hydrogen-bond donors (Lipinski definition) is 0. The Labute approximate surface area is 117 Å². The van der Waals surface area contributed by atoms with E-state index in [9.17, 15) is 20.2 Å². The number of non-ortho nitro benzene ring substituents is 2. The van der Waals surface area contributed by atoms with Gasteiger partial charge in [-0.3, -0.25) is 20.2 Å². The first-order valence-electron chi connectivity index (χ1n) is 5.33. The predicted octanol–water partition coefficient (Wildman–Crippen LogP) is 3.95. The second kappa shape index (κ2) is 5.54. The summed E-state index contributed by atoms with van der Waals surface area (Å²) < 4.78 is 5.38. The van der Waals surface area contributed by atoms with E-state index in [4.69, 9.17) is 16.3 Å². The maximum atomic E-state index is 10.6. The van der Waals surface area contributed by atoms with Crippen molar-refractivity contribution in [3.05, 3.63) is 67.7 Å². The molecule has 0 fully saturated rings. The van der Waals surface area contributed by atoms with Gasteiger partial charge >= 0.3 is 0 Å². The summed E-state index contributed by atoms with van der Waals surface area (Å²) in [6.07, 6.45) is 0. The monoisotopic (exact) mass is 294 g/mol. The highest BCUT2D eigenvalue weighted by molar-refractivity contribution is 6.32. The maximum Gasteiger partial charge on any atom is 0.273 e. The Morgan fingerprint density at radius 1 is 0.950 bits per heavy atom. The maximum absolute atomic E-state index is 10.6. The lowest BCUT2D eigenvalue weighted by atomic mass is 10.3. The standard InChI is InChI=1S/C12H7ClN2O5/c13-11-7-9(15(18)19)4-5-12(11)20-10-3-1-2-8(6-10)14(16)17/h1-7H. The normalized spacial score (nSPS) is 10.1. The van der Waals surface area contributed by atoms with Crippen molar-refractivity contribution in [3.8, 4) is 11.5 Å². The molecule has 0 aliphatic rings. The van der Waals surface area contributed by atoms with Gasteiger partial charge < -0.3 is 4.74 Å². The van der Waals surface area contributed by atoms with Gasteiger partial charge in [0.2, 0.25) is 0 Å². The zero-order chi connectivity index (χ0) is 14.7. The Bertz CT molecular complexity index is 689. The zero-order valence-electron chi connectivity index (χ0n) is 9.86. The molecule has 0 aromatic heterocycles. The third kappa shape index (κ3) is 3.01. The molecule has 0 radical (unpaired) electrons. The van der Waals surface area contributed by atoms with Gasteiger partial charge in [0.25, 0.3) is 11.4 Å². The molecule has 0 saturated carbocycles. The second-order valence-electron chi connectivity index (χ2n) is 3.73. The van der Waals surface area contributed by atoms with Crippen molar-refractivity contribution >= 4 is 23.0 Å². The Kier molecular flexibility index (Phi) is 3.81. The molecule has 0 spiro atoms. The molecule has 0 unspecified atom stereocenters. The lowest BCUT2D eigenvalue weighted by Gasteiger charge is -2.07. The van der Waals surface area contributed by atoms with Gasteiger partial charge in [0.15, 0.2) is 0 Å². The lowest BCUT2D eigenvalue weighted by molar-refractivity contribution is -0.385. The molecule has 102 valence electrons. The minimum absolute atomic E-state index is 0.0470. The first-order valence-corrected chi connectivity index (χ1v) is 5.71. The number of nitrogens with zero attached hydrogens (tertiary/aromatic N) is 2. The Morgan fingerprint density at radius 2 is 1.60 bits per heavy atom. The summed E-state index contributed by atoms with van der Waals surface area (Å²) in [5.74, 6) is 0.396. The molecule has 0 amide bonds. The van der Waals surface area contributed by atoms with Gasteiger partial charge in [0.1, 0.15) is 11.5 Å². The van der Waals surface area contributed by atoms with E-state index in [-0.39, 0.29) is 27.9 Å². The van der Waals surface area contributed by atoms with Crippen LogP contribution in [0.3, 0.4) is 0 Å². The van der Waals surface area contributed by atoms with Gasteiger partial charge in [0, 0.05) is 18.2 Å². The van der Waals surface area contributed by atoms with Crippen LogP contribution in [-0.4, -0.2) is 9.85 Å². The van der Waals surface area contributed by atoms with E-state index in [1.807, 2.05) is 0 Å². The molecule has 0 saturated heterocycles. The predicted molar refractivity (Wildman–Crippen MR) is 71.3 cm³/mol. The average Bonchev–Trinajstić information content (AvgIpc) is 2.41. The Balaban J connectivity index is 2.28. The largest absolute Gasteiger partial charge is 0.456 e. The van der Waals surface area contributed by atoms with Crippen LogP contribution in [0, 0.1) is 20.2 Å². The van der Waals surface area contributed by atoms with Crippen LogP contribution in [0.5, 0.6) is 11.5 Å². The Morgan fingerprint density at radius 3 is 2.20 bits per heavy atom. The average molecular weight is 295 g/mol. The van der Waals surface area contributed by atoms with E-state index in [0.29, 0.717) is 0 Å². The molecule has 0 atom stereocenters. The summed E-state index contributed by atoms with van der Waals surface area (Å²) in [6, 6.07) is 9.26. The van der Waals surface area contributed by atoms with Gasteiger partial charge in [0.05, 0.1) is 20.9 Å². The zero-order valence-corrected chi connectivity index (χ0v) is 10.6. The highest BCUT2D eigenvalue weighted by atomic mass is 35.5. The molecular weight excluding hydrogens is 288 g/mol. The van der Waals surface area contributed by atoms with Gasteiger partial charge in [-0.2, -0.15) is 0 Å². The molecule has 7 nitrogen and oxygen atoms in total. The van der Waals surface area contributed by atoms with E-state index in [1.54, 1.807) is 0 Å². The van der Waals surface area contributed by atoms with Crippen LogP contribution in [0.25, 0.3) is 0 Å². The van der Waals surface area contributed by atoms with E-state index in [1.165, 1.54) is 36.4 Å². The fraction of sp³-hybridized carbons (Fsp3) is 0. The van der Waals surface area contributed by atoms with Crippen molar-refractivity contribution in [2.75, 3.05) is 0 Å². The topological polar surface area (TPSA) is 95.5 Å². The number of benzene rings is 2. The summed E-state index contributed by atoms with van der Waals surface area (Å²) in [7, 11) is 0. The molecule has 0 aliphatic carbocycles. The van der Waals surface area contributed by atoms with Crippen molar-refractivity contribution in [2.24, 2.45) is 0 Å². The number of ether oxygens (including phenoxy) is 1. The third-order valence-electron chi connectivity index (χ3n) is 2.38. The number of hydrogen-bond acceptors (Lipinski definition) is 5. The quantitative estimate of drug-likeness (QED) is 0.628. The molecule has 2 aromatic rings. The molecule has 2 aromatic carbocycles. The minimum Gasteiger partial charge on any atom is -0.456 e. The smallest absolute Gasteiger partial charge is 0.273 e. The van der Waals surface area contributed by atoms with Crippen LogP contribution >= 0.6 is 11.6 Å². The van der Waals surface area contributed by atoms with Gasteiger partial charge in [-0.05, 0) is 12.1 Å². The van der Waals surface area contributed by atoms with E-state index in [0.717, 1.165) is 6.07 Å². The van der Waals surface area contributed by atoms with Crippen LogP contribution in [0.2, 0.25) is 5.02 Å². The fourth-order valence-electron chi connectivity index (χ4n) is 1.47. The number of nitro benzene ring substituents is 2. The summed E-state index contributed by atoms with van der Waals surface area (Å²) in [6.45, 7) is 0. The molecule has 8 heteroatoms.